The van der Waals surface area contributed by atoms with Gasteiger partial charge in [-0.2, -0.15) is 0 Å². The maximum Gasteiger partial charge on any atom is 0.312 e. The van der Waals surface area contributed by atoms with Crippen LogP contribution in [0.3, 0.4) is 0 Å². The number of halogens is 1. The maximum absolute atomic E-state index is 13.1. The van der Waals surface area contributed by atoms with Gasteiger partial charge in [0.15, 0.2) is 0 Å². The molecule has 3 rings (SSSR count). The Bertz CT molecular complexity index is 894. The van der Waals surface area contributed by atoms with E-state index in [1.54, 1.807) is 0 Å². The number of rotatable bonds is 3. The molecule has 0 aliphatic carbocycles. The molecule has 1 aliphatic heterocycles. The first-order valence-electron chi connectivity index (χ1n) is 8.02. The first-order chi connectivity index (χ1) is 12.4. The second kappa shape index (κ2) is 7.09. The lowest BCUT2D eigenvalue weighted by atomic mass is 10.1. The fraction of sp³-hybridized carbons (Fsp3) is 0.278. The van der Waals surface area contributed by atoms with Crippen molar-refractivity contribution in [1.29, 1.82) is 0 Å². The zero-order valence-corrected chi connectivity index (χ0v) is 14.1. The number of carbonyl (C=O) groups excluding carboxylic acids is 2. The lowest BCUT2D eigenvalue weighted by Gasteiger charge is -2.17. The van der Waals surface area contributed by atoms with E-state index in [-0.39, 0.29) is 30.1 Å². The molecule has 7 nitrogen and oxygen atoms in total. The van der Waals surface area contributed by atoms with Crippen molar-refractivity contribution >= 4 is 11.9 Å². The van der Waals surface area contributed by atoms with Gasteiger partial charge in [-0.3, -0.25) is 19.0 Å². The molecule has 8 heteroatoms. The topological polar surface area (TPSA) is 94.6 Å². The average molecular weight is 359 g/mol. The Labute approximate surface area is 148 Å². The first-order valence-corrected chi connectivity index (χ1v) is 8.02. The number of carbonyl (C=O) groups is 2. The third-order valence-corrected chi connectivity index (χ3v) is 4.42. The third-order valence-electron chi connectivity index (χ3n) is 4.42. The van der Waals surface area contributed by atoms with Crippen molar-refractivity contribution in [3.63, 3.8) is 0 Å². The Morgan fingerprint density at radius 3 is 2.50 bits per heavy atom. The highest BCUT2D eigenvalue weighted by Crippen LogP contribution is 2.19. The standard InChI is InChI=1S/C18H18FN3O4/c1-26-18(25)14-9-21(10-15(14)20)17(24)11-2-7-16(23)22(8-11)13-5-3-12(19)4-6-13/h2-8,14-15H,9-10,20H2,1H3. The van der Waals surface area contributed by atoms with Gasteiger partial charge in [0.2, 0.25) is 0 Å². The van der Waals surface area contributed by atoms with Gasteiger partial charge >= 0.3 is 5.97 Å². The van der Waals surface area contributed by atoms with Crippen LogP contribution in [-0.2, 0) is 9.53 Å². The van der Waals surface area contributed by atoms with E-state index in [1.807, 2.05) is 0 Å². The quantitative estimate of drug-likeness (QED) is 0.808. The van der Waals surface area contributed by atoms with E-state index >= 15 is 0 Å². The summed E-state index contributed by atoms with van der Waals surface area (Å²) >= 11 is 0. The molecule has 2 heterocycles. The number of aromatic nitrogens is 1. The van der Waals surface area contributed by atoms with Gasteiger partial charge in [0.1, 0.15) is 5.82 Å². The molecule has 0 bridgehead atoms. The van der Waals surface area contributed by atoms with E-state index < -0.39 is 23.7 Å². The summed E-state index contributed by atoms with van der Waals surface area (Å²) < 4.78 is 19.1. The normalized spacial score (nSPS) is 19.4. The first kappa shape index (κ1) is 17.8. The Hall–Kier alpha value is -3.00. The molecule has 2 atom stereocenters. The molecule has 26 heavy (non-hydrogen) atoms. The molecule has 1 amide bonds. The smallest absolute Gasteiger partial charge is 0.312 e. The molecule has 2 N–H and O–H groups in total. The van der Waals surface area contributed by atoms with Crippen molar-refractivity contribution in [1.82, 2.24) is 9.47 Å². The molecule has 1 aliphatic rings. The van der Waals surface area contributed by atoms with Crippen LogP contribution in [0.1, 0.15) is 10.4 Å². The number of hydrogen-bond acceptors (Lipinski definition) is 5. The summed E-state index contributed by atoms with van der Waals surface area (Å²) in [6.07, 6.45) is 1.40. The number of nitrogens with two attached hydrogens (primary N) is 1. The fourth-order valence-electron chi connectivity index (χ4n) is 3.00. The molecule has 1 aromatic carbocycles. The van der Waals surface area contributed by atoms with Crippen LogP contribution in [0.15, 0.2) is 47.4 Å². The Morgan fingerprint density at radius 2 is 1.85 bits per heavy atom. The minimum Gasteiger partial charge on any atom is -0.469 e. The molecule has 1 fully saturated rings. The highest BCUT2D eigenvalue weighted by molar-refractivity contribution is 5.94. The van der Waals surface area contributed by atoms with Crippen LogP contribution in [0.5, 0.6) is 0 Å². The number of pyridine rings is 1. The highest BCUT2D eigenvalue weighted by atomic mass is 19.1. The van der Waals surface area contributed by atoms with Crippen LogP contribution < -0.4 is 11.3 Å². The van der Waals surface area contributed by atoms with Crippen molar-refractivity contribution in [3.05, 3.63) is 64.3 Å². The maximum atomic E-state index is 13.1. The van der Waals surface area contributed by atoms with E-state index in [1.165, 1.54) is 59.2 Å². The van der Waals surface area contributed by atoms with Crippen molar-refractivity contribution in [2.24, 2.45) is 11.7 Å². The van der Waals surface area contributed by atoms with Gasteiger partial charge in [-0.25, -0.2) is 4.39 Å². The largest absolute Gasteiger partial charge is 0.469 e. The summed E-state index contributed by atoms with van der Waals surface area (Å²) in [4.78, 5) is 38.0. The molecule has 1 aromatic heterocycles. The molecule has 2 aromatic rings. The molecular formula is C18H18FN3O4. The third kappa shape index (κ3) is 3.36. The van der Waals surface area contributed by atoms with E-state index in [9.17, 15) is 18.8 Å². The summed E-state index contributed by atoms with van der Waals surface area (Å²) in [5.74, 6) is -1.80. The number of hydrogen-bond donors (Lipinski definition) is 1. The van der Waals surface area contributed by atoms with Crippen LogP contribution in [-0.4, -0.2) is 47.6 Å². The van der Waals surface area contributed by atoms with E-state index in [0.717, 1.165) is 0 Å². The molecule has 2 unspecified atom stereocenters. The number of ether oxygens (including phenoxy) is 1. The number of benzene rings is 1. The zero-order chi connectivity index (χ0) is 18.8. The number of likely N-dealkylation sites (tertiary alicyclic amines) is 1. The van der Waals surface area contributed by atoms with Gasteiger partial charge in [-0.1, -0.05) is 0 Å². The number of nitrogens with zero attached hydrogens (tertiary/aromatic N) is 2. The van der Waals surface area contributed by atoms with Crippen molar-refractivity contribution in [3.8, 4) is 5.69 Å². The summed E-state index contributed by atoms with van der Waals surface area (Å²) in [6.45, 7) is 0.372. The van der Waals surface area contributed by atoms with Crippen LogP contribution >= 0.6 is 0 Å². The SMILES string of the molecule is COC(=O)C1CN(C(=O)c2ccc(=O)n(-c3ccc(F)cc3)c2)CC1N. The molecular weight excluding hydrogens is 341 g/mol. The van der Waals surface area contributed by atoms with E-state index in [0.29, 0.717) is 5.69 Å². The second-order valence-electron chi connectivity index (χ2n) is 6.11. The molecule has 136 valence electrons. The van der Waals surface area contributed by atoms with Crippen LogP contribution in [0, 0.1) is 11.7 Å². The van der Waals surface area contributed by atoms with Gasteiger partial charge < -0.3 is 15.4 Å². The molecule has 1 saturated heterocycles. The lowest BCUT2D eigenvalue weighted by Crippen LogP contribution is -2.35. The number of amides is 1. The van der Waals surface area contributed by atoms with Crippen molar-refractivity contribution < 1.29 is 18.7 Å². The van der Waals surface area contributed by atoms with Gasteiger partial charge in [-0.05, 0) is 30.3 Å². The predicted molar refractivity (Wildman–Crippen MR) is 91.4 cm³/mol. The van der Waals surface area contributed by atoms with Crippen LogP contribution in [0.4, 0.5) is 4.39 Å². The fourth-order valence-corrected chi connectivity index (χ4v) is 3.00. The zero-order valence-electron chi connectivity index (χ0n) is 14.1. The molecule has 0 radical (unpaired) electrons. The van der Waals surface area contributed by atoms with E-state index in [2.05, 4.69) is 0 Å². The van der Waals surface area contributed by atoms with Gasteiger partial charge in [0.05, 0.1) is 18.6 Å². The predicted octanol–water partition coefficient (Wildman–Crippen LogP) is 0.549. The summed E-state index contributed by atoms with van der Waals surface area (Å²) in [5.41, 5.74) is 6.30. The van der Waals surface area contributed by atoms with Crippen molar-refractivity contribution in [2.75, 3.05) is 20.2 Å². The van der Waals surface area contributed by atoms with Gasteiger partial charge in [-0.15, -0.1) is 0 Å². The van der Waals surface area contributed by atoms with Gasteiger partial charge in [0, 0.05) is 37.1 Å². The van der Waals surface area contributed by atoms with E-state index in [4.69, 9.17) is 10.5 Å². The highest BCUT2D eigenvalue weighted by Gasteiger charge is 2.38. The second-order valence-corrected chi connectivity index (χ2v) is 6.11. The van der Waals surface area contributed by atoms with Crippen LogP contribution in [0.2, 0.25) is 0 Å². The summed E-state index contributed by atoms with van der Waals surface area (Å²) in [6, 6.07) is 7.54. The van der Waals surface area contributed by atoms with Crippen molar-refractivity contribution in [2.45, 2.75) is 6.04 Å². The molecule has 0 saturated carbocycles. The van der Waals surface area contributed by atoms with Crippen LogP contribution in [0.25, 0.3) is 5.69 Å². The molecule has 0 spiro atoms. The average Bonchev–Trinajstić information content (AvgIpc) is 3.03. The monoisotopic (exact) mass is 359 g/mol. The Morgan fingerprint density at radius 1 is 1.15 bits per heavy atom. The number of methoxy groups -OCH3 is 1. The Balaban J connectivity index is 1.87. The summed E-state index contributed by atoms with van der Waals surface area (Å²) in [5, 5.41) is 0. The summed E-state index contributed by atoms with van der Waals surface area (Å²) in [7, 11) is 1.28. The minimum atomic E-state index is -0.577. The Kier molecular flexibility index (Phi) is 4.85. The number of esters is 1. The minimum absolute atomic E-state index is 0.155. The lowest BCUT2D eigenvalue weighted by molar-refractivity contribution is -0.145. The van der Waals surface area contributed by atoms with Gasteiger partial charge in [0.25, 0.3) is 11.5 Å².